The van der Waals surface area contributed by atoms with Gasteiger partial charge in [0.25, 0.3) is 0 Å². The maximum absolute atomic E-state index is 4.53. The van der Waals surface area contributed by atoms with Crippen LogP contribution in [0.25, 0.3) is 0 Å². The summed E-state index contributed by atoms with van der Waals surface area (Å²) in [6.07, 6.45) is 4.61. The molecule has 1 rings (SSSR count). The number of aryl methyl sites for hydroxylation is 2. The third kappa shape index (κ3) is 3.99. The molecule has 0 amide bonds. The van der Waals surface area contributed by atoms with Crippen molar-refractivity contribution in [1.29, 1.82) is 0 Å². The molecule has 0 fully saturated rings. The second kappa shape index (κ2) is 7.70. The summed E-state index contributed by atoms with van der Waals surface area (Å²) in [4.78, 5) is 0. The molecule has 19 heavy (non-hydrogen) atoms. The van der Waals surface area contributed by atoms with Gasteiger partial charge in [0.1, 0.15) is 0 Å². The van der Waals surface area contributed by atoms with Crippen LogP contribution in [-0.4, -0.2) is 27.3 Å². The molecule has 0 saturated heterocycles. The molecule has 0 spiro atoms. The van der Waals surface area contributed by atoms with E-state index in [4.69, 9.17) is 0 Å². The normalized spacial score (nSPS) is 12.1. The molecule has 0 saturated carbocycles. The lowest BCUT2D eigenvalue weighted by Crippen LogP contribution is -2.36. The quantitative estimate of drug-likeness (QED) is 0.771. The zero-order valence-corrected chi connectivity index (χ0v) is 15.1. The molecule has 0 unspecified atom stereocenters. The minimum Gasteiger partial charge on any atom is -0.310 e. The van der Waals surface area contributed by atoms with Crippen LogP contribution in [0.4, 0.5) is 0 Å². The SMILES string of the molecule is CCn1nc(C)c(Br)c1CNCC(CC)(CC)SC. The summed E-state index contributed by atoms with van der Waals surface area (Å²) in [6, 6.07) is 0. The molecule has 110 valence electrons. The highest BCUT2D eigenvalue weighted by Crippen LogP contribution is 2.29. The van der Waals surface area contributed by atoms with Gasteiger partial charge in [-0.25, -0.2) is 0 Å². The van der Waals surface area contributed by atoms with Crippen molar-refractivity contribution in [2.24, 2.45) is 0 Å². The van der Waals surface area contributed by atoms with Gasteiger partial charge in [-0.1, -0.05) is 13.8 Å². The Labute approximate surface area is 130 Å². The molecule has 1 aromatic rings. The number of hydrogen-bond acceptors (Lipinski definition) is 3. The first-order valence-electron chi connectivity index (χ1n) is 7.01. The van der Waals surface area contributed by atoms with Gasteiger partial charge in [0, 0.05) is 24.4 Å². The maximum atomic E-state index is 4.53. The Morgan fingerprint density at radius 1 is 1.32 bits per heavy atom. The standard InChI is InChI=1S/C14H26BrN3S/c1-6-14(7-2,19-5)10-16-9-12-13(15)11(4)17-18(12)8-3/h16H,6-10H2,1-5H3. The second-order valence-corrected chi connectivity index (χ2v) is 6.93. The average Bonchev–Trinajstić information content (AvgIpc) is 2.71. The number of nitrogens with zero attached hydrogens (tertiary/aromatic N) is 2. The minimum absolute atomic E-state index is 0.360. The van der Waals surface area contributed by atoms with E-state index in [9.17, 15) is 0 Å². The summed E-state index contributed by atoms with van der Waals surface area (Å²) in [5, 5.41) is 8.14. The van der Waals surface area contributed by atoms with E-state index in [1.807, 2.05) is 18.7 Å². The van der Waals surface area contributed by atoms with Crippen molar-refractivity contribution in [1.82, 2.24) is 15.1 Å². The molecular formula is C14H26BrN3S. The van der Waals surface area contributed by atoms with E-state index in [1.54, 1.807) is 0 Å². The molecule has 0 aliphatic carbocycles. The number of hydrogen-bond donors (Lipinski definition) is 1. The van der Waals surface area contributed by atoms with Gasteiger partial charge in [-0.15, -0.1) is 0 Å². The van der Waals surface area contributed by atoms with E-state index in [0.29, 0.717) is 4.75 Å². The van der Waals surface area contributed by atoms with Crippen LogP contribution in [0.1, 0.15) is 45.0 Å². The Kier molecular flexibility index (Phi) is 6.91. The van der Waals surface area contributed by atoms with Gasteiger partial charge in [0.2, 0.25) is 0 Å². The van der Waals surface area contributed by atoms with Crippen LogP contribution in [0.5, 0.6) is 0 Å². The van der Waals surface area contributed by atoms with Crippen molar-refractivity contribution < 1.29 is 0 Å². The van der Waals surface area contributed by atoms with Crippen molar-refractivity contribution in [3.63, 3.8) is 0 Å². The highest BCUT2D eigenvalue weighted by molar-refractivity contribution is 9.10. The van der Waals surface area contributed by atoms with Gasteiger partial charge in [-0.3, -0.25) is 4.68 Å². The summed E-state index contributed by atoms with van der Waals surface area (Å²) in [7, 11) is 0. The van der Waals surface area contributed by atoms with Crippen LogP contribution in [0.15, 0.2) is 4.47 Å². The lowest BCUT2D eigenvalue weighted by atomic mass is 10.0. The highest BCUT2D eigenvalue weighted by atomic mass is 79.9. The predicted octanol–water partition coefficient (Wildman–Crippen LogP) is 3.99. The molecule has 1 aromatic heterocycles. The summed E-state index contributed by atoms with van der Waals surface area (Å²) in [6.45, 7) is 11.6. The van der Waals surface area contributed by atoms with Crippen molar-refractivity contribution in [2.45, 2.75) is 58.4 Å². The molecule has 3 nitrogen and oxygen atoms in total. The van der Waals surface area contributed by atoms with Crippen LogP contribution in [0.2, 0.25) is 0 Å². The molecule has 0 atom stereocenters. The summed E-state index contributed by atoms with van der Waals surface area (Å²) < 4.78 is 3.58. The number of halogens is 1. The smallest absolute Gasteiger partial charge is 0.0739 e. The van der Waals surface area contributed by atoms with E-state index < -0.39 is 0 Å². The largest absolute Gasteiger partial charge is 0.310 e. The molecule has 0 aromatic carbocycles. The number of aromatic nitrogens is 2. The average molecular weight is 348 g/mol. The lowest BCUT2D eigenvalue weighted by molar-refractivity contribution is 0.483. The molecule has 0 bridgehead atoms. The second-order valence-electron chi connectivity index (χ2n) is 4.86. The highest BCUT2D eigenvalue weighted by Gasteiger charge is 2.24. The number of thioether (sulfide) groups is 1. The van der Waals surface area contributed by atoms with Gasteiger partial charge in [0.15, 0.2) is 0 Å². The van der Waals surface area contributed by atoms with Gasteiger partial charge in [-0.05, 0) is 48.9 Å². The van der Waals surface area contributed by atoms with E-state index in [0.717, 1.165) is 29.8 Å². The molecular weight excluding hydrogens is 322 g/mol. The zero-order valence-electron chi connectivity index (χ0n) is 12.7. The minimum atomic E-state index is 0.360. The van der Waals surface area contributed by atoms with Crippen molar-refractivity contribution in [2.75, 3.05) is 12.8 Å². The van der Waals surface area contributed by atoms with Gasteiger partial charge in [0.05, 0.1) is 15.9 Å². The Morgan fingerprint density at radius 3 is 2.42 bits per heavy atom. The third-order valence-electron chi connectivity index (χ3n) is 3.91. The molecule has 5 heteroatoms. The first-order chi connectivity index (χ1) is 9.03. The van der Waals surface area contributed by atoms with Gasteiger partial charge in [-0.2, -0.15) is 16.9 Å². The molecule has 0 radical (unpaired) electrons. The van der Waals surface area contributed by atoms with Crippen LogP contribution < -0.4 is 5.32 Å². The van der Waals surface area contributed by atoms with Crippen LogP contribution in [-0.2, 0) is 13.1 Å². The van der Waals surface area contributed by atoms with E-state index in [2.05, 4.69) is 58.1 Å². The Balaban J connectivity index is 2.67. The summed E-state index contributed by atoms with van der Waals surface area (Å²) >= 11 is 5.62. The molecule has 0 aliphatic rings. The predicted molar refractivity (Wildman–Crippen MR) is 88.9 cm³/mol. The van der Waals surface area contributed by atoms with Crippen LogP contribution in [0, 0.1) is 6.92 Å². The number of nitrogens with one attached hydrogen (secondary N) is 1. The third-order valence-corrected chi connectivity index (χ3v) is 6.53. The lowest BCUT2D eigenvalue weighted by Gasteiger charge is -2.30. The Bertz CT molecular complexity index is 391. The van der Waals surface area contributed by atoms with Crippen LogP contribution >= 0.6 is 27.7 Å². The van der Waals surface area contributed by atoms with Crippen molar-refractivity contribution in [3.05, 3.63) is 15.9 Å². The van der Waals surface area contributed by atoms with Gasteiger partial charge < -0.3 is 5.32 Å². The van der Waals surface area contributed by atoms with E-state index in [1.165, 1.54) is 18.5 Å². The first kappa shape index (κ1) is 17.1. The molecule has 1 heterocycles. The summed E-state index contributed by atoms with van der Waals surface area (Å²) in [5.41, 5.74) is 2.32. The summed E-state index contributed by atoms with van der Waals surface area (Å²) in [5.74, 6) is 0. The fourth-order valence-electron chi connectivity index (χ4n) is 2.31. The monoisotopic (exact) mass is 347 g/mol. The first-order valence-corrected chi connectivity index (χ1v) is 9.03. The fourth-order valence-corrected chi connectivity index (χ4v) is 3.56. The van der Waals surface area contributed by atoms with Crippen molar-refractivity contribution in [3.8, 4) is 0 Å². The van der Waals surface area contributed by atoms with Crippen LogP contribution in [0.3, 0.4) is 0 Å². The van der Waals surface area contributed by atoms with E-state index in [-0.39, 0.29) is 0 Å². The Hall–Kier alpha value is -0.0000000000000000555. The fraction of sp³-hybridized carbons (Fsp3) is 0.786. The van der Waals surface area contributed by atoms with Crippen molar-refractivity contribution >= 4 is 27.7 Å². The number of rotatable bonds is 8. The molecule has 0 aliphatic heterocycles. The van der Waals surface area contributed by atoms with Gasteiger partial charge >= 0.3 is 0 Å². The molecule has 1 N–H and O–H groups in total. The topological polar surface area (TPSA) is 29.9 Å². The maximum Gasteiger partial charge on any atom is 0.0739 e. The van der Waals surface area contributed by atoms with E-state index >= 15 is 0 Å². The zero-order chi connectivity index (χ0) is 14.5. The Morgan fingerprint density at radius 2 is 1.95 bits per heavy atom.